The number of carbonyl (C=O) groups excluding carboxylic acids is 1. The summed E-state index contributed by atoms with van der Waals surface area (Å²) in [6.45, 7) is 2.55. The molecule has 1 aliphatic rings. The molecule has 7 nitrogen and oxygen atoms in total. The molecule has 0 aliphatic carbocycles. The lowest BCUT2D eigenvalue weighted by molar-refractivity contribution is -0.132. The van der Waals surface area contributed by atoms with Crippen molar-refractivity contribution in [2.45, 2.75) is 6.54 Å². The van der Waals surface area contributed by atoms with Crippen molar-refractivity contribution in [3.63, 3.8) is 0 Å². The average Bonchev–Trinajstić information content (AvgIpc) is 2.97. The van der Waals surface area contributed by atoms with E-state index in [0.717, 1.165) is 5.82 Å². The highest BCUT2D eigenvalue weighted by atomic mass is 35.5. The van der Waals surface area contributed by atoms with Gasteiger partial charge in [-0.25, -0.2) is 9.78 Å². The van der Waals surface area contributed by atoms with Crippen molar-refractivity contribution in [1.82, 2.24) is 14.5 Å². The Bertz CT molecular complexity index is 991. The maximum absolute atomic E-state index is 12.6. The molecule has 0 radical (unpaired) electrons. The van der Waals surface area contributed by atoms with Crippen LogP contribution in [0.5, 0.6) is 0 Å². The number of pyridine rings is 1. The first kappa shape index (κ1) is 16.7. The molecule has 1 saturated heterocycles. The van der Waals surface area contributed by atoms with Gasteiger partial charge < -0.3 is 14.2 Å². The number of anilines is 1. The molecule has 134 valence electrons. The summed E-state index contributed by atoms with van der Waals surface area (Å²) in [5.74, 6) is 0.252. The minimum Gasteiger partial charge on any atom is -0.408 e. The zero-order valence-corrected chi connectivity index (χ0v) is 14.7. The lowest BCUT2D eigenvalue weighted by Gasteiger charge is -2.35. The van der Waals surface area contributed by atoms with Crippen LogP contribution < -0.4 is 10.7 Å². The van der Waals surface area contributed by atoms with Crippen molar-refractivity contribution in [2.75, 3.05) is 31.1 Å². The standard InChI is InChI=1S/C18H17ClN4O3/c19-13-4-5-14-15(11-13)26-18(25)23(14)12-17(24)22-9-7-21(8-10-22)16-3-1-2-6-20-16/h1-6,11H,7-10,12H2. The molecule has 0 spiro atoms. The Kier molecular flexibility index (Phi) is 4.38. The molecule has 1 amide bonds. The summed E-state index contributed by atoms with van der Waals surface area (Å²) in [6.07, 6.45) is 1.76. The number of carbonyl (C=O) groups is 1. The molecule has 3 aromatic rings. The Morgan fingerprint density at radius 1 is 1.15 bits per heavy atom. The first-order valence-electron chi connectivity index (χ1n) is 8.34. The number of rotatable bonds is 3. The number of aromatic nitrogens is 2. The minimum atomic E-state index is -0.553. The fraction of sp³-hybridized carbons (Fsp3) is 0.278. The van der Waals surface area contributed by atoms with Gasteiger partial charge in [-0.2, -0.15) is 0 Å². The smallest absolute Gasteiger partial charge is 0.408 e. The van der Waals surface area contributed by atoms with Crippen LogP contribution >= 0.6 is 11.6 Å². The zero-order valence-electron chi connectivity index (χ0n) is 14.0. The van der Waals surface area contributed by atoms with Crippen molar-refractivity contribution in [1.29, 1.82) is 0 Å². The van der Waals surface area contributed by atoms with Gasteiger partial charge in [0.1, 0.15) is 12.4 Å². The quantitative estimate of drug-likeness (QED) is 0.703. The molecule has 0 unspecified atom stereocenters. The van der Waals surface area contributed by atoms with Gasteiger partial charge in [0.05, 0.1) is 5.52 Å². The first-order valence-corrected chi connectivity index (χ1v) is 8.72. The van der Waals surface area contributed by atoms with Crippen LogP contribution in [0.25, 0.3) is 11.1 Å². The summed E-state index contributed by atoms with van der Waals surface area (Å²) in [5, 5.41) is 0.482. The molecule has 4 rings (SSSR count). The van der Waals surface area contributed by atoms with Gasteiger partial charge in [0, 0.05) is 43.5 Å². The van der Waals surface area contributed by atoms with E-state index in [-0.39, 0.29) is 12.5 Å². The molecule has 26 heavy (non-hydrogen) atoms. The fourth-order valence-corrected chi connectivity index (χ4v) is 3.31. The molecule has 8 heteroatoms. The predicted molar refractivity (Wildman–Crippen MR) is 98.5 cm³/mol. The Hall–Kier alpha value is -2.80. The number of hydrogen-bond acceptors (Lipinski definition) is 5. The number of fused-ring (bicyclic) bond motifs is 1. The molecular weight excluding hydrogens is 356 g/mol. The van der Waals surface area contributed by atoms with Crippen LogP contribution in [0.1, 0.15) is 0 Å². The molecule has 1 fully saturated rings. The van der Waals surface area contributed by atoms with Crippen molar-refractivity contribution >= 4 is 34.4 Å². The normalized spacial score (nSPS) is 14.8. The Balaban J connectivity index is 1.45. The first-order chi connectivity index (χ1) is 12.6. The van der Waals surface area contributed by atoms with Crippen LogP contribution in [0.3, 0.4) is 0 Å². The zero-order chi connectivity index (χ0) is 18.1. The third-order valence-electron chi connectivity index (χ3n) is 4.53. The van der Waals surface area contributed by atoms with Crippen LogP contribution in [0.15, 0.2) is 51.8 Å². The monoisotopic (exact) mass is 372 g/mol. The molecule has 0 N–H and O–H groups in total. The Morgan fingerprint density at radius 2 is 1.96 bits per heavy atom. The van der Waals surface area contributed by atoms with E-state index in [4.69, 9.17) is 16.0 Å². The summed E-state index contributed by atoms with van der Waals surface area (Å²) >= 11 is 5.92. The third-order valence-corrected chi connectivity index (χ3v) is 4.76. The molecule has 3 heterocycles. The van der Waals surface area contributed by atoms with E-state index < -0.39 is 5.76 Å². The van der Waals surface area contributed by atoms with E-state index in [9.17, 15) is 9.59 Å². The summed E-state index contributed by atoms with van der Waals surface area (Å²) in [6, 6.07) is 10.7. The van der Waals surface area contributed by atoms with Crippen LogP contribution in [0.2, 0.25) is 5.02 Å². The van der Waals surface area contributed by atoms with Gasteiger partial charge in [-0.05, 0) is 24.3 Å². The summed E-state index contributed by atoms with van der Waals surface area (Å²) in [5.41, 5.74) is 0.954. The van der Waals surface area contributed by atoms with Crippen molar-refractivity contribution in [3.05, 3.63) is 58.2 Å². The van der Waals surface area contributed by atoms with E-state index in [1.54, 1.807) is 29.3 Å². The van der Waals surface area contributed by atoms with Crippen molar-refractivity contribution in [3.8, 4) is 0 Å². The molecule has 1 aliphatic heterocycles. The second-order valence-electron chi connectivity index (χ2n) is 6.12. The SMILES string of the molecule is O=C(Cn1c(=O)oc2cc(Cl)ccc21)N1CCN(c2ccccn2)CC1. The van der Waals surface area contributed by atoms with E-state index in [2.05, 4.69) is 9.88 Å². The van der Waals surface area contributed by atoms with Gasteiger partial charge in [0.2, 0.25) is 5.91 Å². The largest absolute Gasteiger partial charge is 0.420 e. The van der Waals surface area contributed by atoms with E-state index in [1.807, 2.05) is 18.2 Å². The molecule has 0 saturated carbocycles. The van der Waals surface area contributed by atoms with Gasteiger partial charge >= 0.3 is 5.76 Å². The number of benzene rings is 1. The van der Waals surface area contributed by atoms with Crippen molar-refractivity contribution < 1.29 is 9.21 Å². The second-order valence-corrected chi connectivity index (χ2v) is 6.56. The van der Waals surface area contributed by atoms with Gasteiger partial charge in [0.15, 0.2) is 5.58 Å². The highest BCUT2D eigenvalue weighted by molar-refractivity contribution is 6.31. The molecule has 2 aromatic heterocycles. The van der Waals surface area contributed by atoms with Crippen LogP contribution in [-0.2, 0) is 11.3 Å². The summed E-state index contributed by atoms with van der Waals surface area (Å²) < 4.78 is 6.53. The van der Waals surface area contributed by atoms with Crippen LogP contribution in [-0.4, -0.2) is 46.5 Å². The number of amides is 1. The third kappa shape index (κ3) is 3.17. The lowest BCUT2D eigenvalue weighted by atomic mass is 10.3. The van der Waals surface area contributed by atoms with E-state index >= 15 is 0 Å². The average molecular weight is 373 g/mol. The number of halogens is 1. The van der Waals surface area contributed by atoms with Gasteiger partial charge in [-0.3, -0.25) is 9.36 Å². The van der Waals surface area contributed by atoms with Gasteiger partial charge in [0.25, 0.3) is 0 Å². The molecular formula is C18H17ClN4O3. The Labute approximate surface area is 154 Å². The molecule has 0 atom stereocenters. The van der Waals surface area contributed by atoms with Gasteiger partial charge in [-0.1, -0.05) is 17.7 Å². The fourth-order valence-electron chi connectivity index (χ4n) is 3.15. The minimum absolute atomic E-state index is 0.0446. The maximum Gasteiger partial charge on any atom is 0.420 e. The number of nitrogens with zero attached hydrogens (tertiary/aromatic N) is 4. The van der Waals surface area contributed by atoms with Crippen LogP contribution in [0.4, 0.5) is 5.82 Å². The maximum atomic E-state index is 12.6. The highest BCUT2D eigenvalue weighted by Gasteiger charge is 2.23. The number of oxazole rings is 1. The lowest BCUT2D eigenvalue weighted by Crippen LogP contribution is -2.50. The highest BCUT2D eigenvalue weighted by Crippen LogP contribution is 2.19. The van der Waals surface area contributed by atoms with Crippen molar-refractivity contribution in [2.24, 2.45) is 0 Å². The Morgan fingerprint density at radius 3 is 2.69 bits per heavy atom. The van der Waals surface area contributed by atoms with E-state index in [0.29, 0.717) is 42.3 Å². The molecule has 1 aromatic carbocycles. The van der Waals surface area contributed by atoms with Gasteiger partial charge in [-0.15, -0.1) is 0 Å². The number of hydrogen-bond donors (Lipinski definition) is 0. The topological polar surface area (TPSA) is 71.6 Å². The van der Waals surface area contributed by atoms with E-state index in [1.165, 1.54) is 4.57 Å². The van der Waals surface area contributed by atoms with Crippen LogP contribution in [0, 0.1) is 0 Å². The molecule has 0 bridgehead atoms. The number of piperazine rings is 1. The summed E-state index contributed by atoms with van der Waals surface area (Å²) in [4.78, 5) is 33.0. The second kappa shape index (κ2) is 6.84. The predicted octanol–water partition coefficient (Wildman–Crippen LogP) is 1.99. The summed E-state index contributed by atoms with van der Waals surface area (Å²) in [7, 11) is 0.